The number of nitrogens with zero attached hydrogens (tertiary/aromatic N) is 1. The smallest absolute Gasteiger partial charge is 0.123 e. The van der Waals surface area contributed by atoms with Gasteiger partial charge in [0.25, 0.3) is 0 Å². The van der Waals surface area contributed by atoms with Crippen molar-refractivity contribution in [2.45, 2.75) is 25.2 Å². The molecule has 1 aromatic heterocycles. The van der Waals surface area contributed by atoms with Crippen LogP contribution in [0.1, 0.15) is 24.1 Å². The molecule has 3 aromatic rings. The third kappa shape index (κ3) is 3.76. The van der Waals surface area contributed by atoms with Gasteiger partial charge in [0.1, 0.15) is 11.5 Å². The first-order valence-corrected chi connectivity index (χ1v) is 9.79. The van der Waals surface area contributed by atoms with Crippen LogP contribution in [0.15, 0.2) is 54.7 Å². The Hall–Kier alpha value is -2.79. The van der Waals surface area contributed by atoms with E-state index in [2.05, 4.69) is 39.8 Å². The maximum atomic E-state index is 6.24. The molecule has 0 radical (unpaired) electrons. The van der Waals surface area contributed by atoms with Crippen LogP contribution in [0, 0.1) is 6.92 Å². The van der Waals surface area contributed by atoms with Gasteiger partial charge in [-0.2, -0.15) is 5.10 Å². The van der Waals surface area contributed by atoms with Crippen LogP contribution in [0.4, 0.5) is 0 Å². The molecule has 2 heterocycles. The quantitative estimate of drug-likeness (QED) is 0.679. The highest BCUT2D eigenvalue weighted by molar-refractivity contribution is 5.65. The molecule has 146 valence electrons. The lowest BCUT2D eigenvalue weighted by Crippen LogP contribution is -2.43. The molecule has 2 aromatic carbocycles. The number of piperidine rings is 1. The Balaban J connectivity index is 1.57. The number of aryl methyl sites for hydroxylation is 1. The first-order chi connectivity index (χ1) is 13.7. The van der Waals surface area contributed by atoms with Crippen molar-refractivity contribution in [1.29, 1.82) is 0 Å². The fourth-order valence-electron chi connectivity index (χ4n) is 3.98. The van der Waals surface area contributed by atoms with E-state index in [1.165, 1.54) is 11.1 Å². The summed E-state index contributed by atoms with van der Waals surface area (Å²) >= 11 is 0. The Bertz CT molecular complexity index is 912. The highest BCUT2D eigenvalue weighted by Crippen LogP contribution is 2.36. The van der Waals surface area contributed by atoms with E-state index in [9.17, 15) is 0 Å². The second kappa shape index (κ2) is 8.07. The zero-order valence-electron chi connectivity index (χ0n) is 16.5. The van der Waals surface area contributed by atoms with Gasteiger partial charge in [-0.1, -0.05) is 30.3 Å². The summed E-state index contributed by atoms with van der Waals surface area (Å²) < 4.78 is 11.6. The minimum Gasteiger partial charge on any atom is -0.497 e. The molecule has 28 heavy (non-hydrogen) atoms. The Kier molecular flexibility index (Phi) is 5.35. The number of benzene rings is 2. The van der Waals surface area contributed by atoms with Crippen molar-refractivity contribution in [3.8, 4) is 22.6 Å². The maximum Gasteiger partial charge on any atom is 0.123 e. The van der Waals surface area contributed by atoms with Crippen molar-refractivity contribution in [1.82, 2.24) is 15.5 Å². The fourth-order valence-corrected chi connectivity index (χ4v) is 3.98. The van der Waals surface area contributed by atoms with E-state index in [1.54, 1.807) is 7.11 Å². The first-order valence-electron chi connectivity index (χ1n) is 9.79. The summed E-state index contributed by atoms with van der Waals surface area (Å²) in [4.78, 5) is 0. The van der Waals surface area contributed by atoms with Crippen LogP contribution in [-0.2, 0) is 5.41 Å². The summed E-state index contributed by atoms with van der Waals surface area (Å²) in [7, 11) is 1.68. The van der Waals surface area contributed by atoms with E-state index in [4.69, 9.17) is 9.47 Å². The summed E-state index contributed by atoms with van der Waals surface area (Å²) in [6, 6.07) is 16.7. The zero-order valence-corrected chi connectivity index (χ0v) is 16.5. The van der Waals surface area contributed by atoms with Crippen molar-refractivity contribution < 1.29 is 9.47 Å². The minimum absolute atomic E-state index is 0.0122. The highest BCUT2D eigenvalue weighted by atomic mass is 16.5. The lowest BCUT2D eigenvalue weighted by molar-refractivity contribution is 0.175. The van der Waals surface area contributed by atoms with Gasteiger partial charge in [0.05, 0.1) is 19.9 Å². The number of H-pyrrole nitrogens is 1. The second-order valence-electron chi connectivity index (χ2n) is 7.48. The van der Waals surface area contributed by atoms with E-state index < -0.39 is 0 Å². The number of ether oxygens (including phenoxy) is 2. The molecular weight excluding hydrogens is 350 g/mol. The number of aromatic amines is 1. The third-order valence-electron chi connectivity index (χ3n) is 5.76. The van der Waals surface area contributed by atoms with Crippen LogP contribution >= 0.6 is 0 Å². The topological polar surface area (TPSA) is 59.2 Å². The molecule has 2 N–H and O–H groups in total. The van der Waals surface area contributed by atoms with E-state index >= 15 is 0 Å². The first kappa shape index (κ1) is 18.6. The van der Waals surface area contributed by atoms with Crippen molar-refractivity contribution in [2.24, 2.45) is 0 Å². The Morgan fingerprint density at radius 3 is 2.46 bits per heavy atom. The standard InChI is InChI=1S/C23H27N3O2/c1-17-22(15-25-26-17)18-6-8-19(9-7-18)23(10-12-24-13-11-23)16-28-21-5-3-4-20(14-21)27-2/h3-9,14-15,24H,10-13,16H2,1-2H3,(H,25,26). The zero-order chi connectivity index (χ0) is 19.4. The summed E-state index contributed by atoms with van der Waals surface area (Å²) in [5, 5.41) is 10.6. The molecule has 5 nitrogen and oxygen atoms in total. The van der Waals surface area contributed by atoms with Gasteiger partial charge in [-0.3, -0.25) is 5.10 Å². The Labute approximate surface area is 166 Å². The van der Waals surface area contributed by atoms with Crippen LogP contribution in [0.5, 0.6) is 11.5 Å². The molecule has 0 amide bonds. The van der Waals surface area contributed by atoms with E-state index in [-0.39, 0.29) is 5.41 Å². The van der Waals surface area contributed by atoms with Gasteiger partial charge in [0.15, 0.2) is 0 Å². The number of methoxy groups -OCH3 is 1. The molecule has 0 atom stereocenters. The van der Waals surface area contributed by atoms with Gasteiger partial charge in [-0.05, 0) is 56.1 Å². The average Bonchev–Trinajstić information content (AvgIpc) is 3.19. The Morgan fingerprint density at radius 1 is 1.04 bits per heavy atom. The van der Waals surface area contributed by atoms with Crippen molar-refractivity contribution in [3.05, 3.63) is 66.0 Å². The van der Waals surface area contributed by atoms with Gasteiger partial charge >= 0.3 is 0 Å². The van der Waals surface area contributed by atoms with Gasteiger partial charge in [0.2, 0.25) is 0 Å². The molecule has 1 aliphatic rings. The van der Waals surface area contributed by atoms with Crippen LogP contribution < -0.4 is 14.8 Å². The van der Waals surface area contributed by atoms with Crippen molar-refractivity contribution in [3.63, 3.8) is 0 Å². The average molecular weight is 377 g/mol. The molecule has 0 spiro atoms. The lowest BCUT2D eigenvalue weighted by Gasteiger charge is -2.38. The normalized spacial score (nSPS) is 15.9. The summed E-state index contributed by atoms with van der Waals surface area (Å²) in [5.41, 5.74) is 4.77. The van der Waals surface area contributed by atoms with Gasteiger partial charge < -0.3 is 14.8 Å². The molecular formula is C23H27N3O2. The van der Waals surface area contributed by atoms with Crippen molar-refractivity contribution >= 4 is 0 Å². The molecule has 1 aliphatic heterocycles. The highest BCUT2D eigenvalue weighted by Gasteiger charge is 2.35. The third-order valence-corrected chi connectivity index (χ3v) is 5.76. The largest absolute Gasteiger partial charge is 0.497 e. The van der Waals surface area contributed by atoms with E-state index in [0.717, 1.165) is 48.7 Å². The molecule has 4 rings (SSSR count). The molecule has 5 heteroatoms. The lowest BCUT2D eigenvalue weighted by atomic mass is 9.73. The molecule has 0 saturated carbocycles. The number of rotatable bonds is 6. The van der Waals surface area contributed by atoms with Gasteiger partial charge in [-0.15, -0.1) is 0 Å². The maximum absolute atomic E-state index is 6.24. The minimum atomic E-state index is 0.0122. The predicted octanol–water partition coefficient (Wildman–Crippen LogP) is 4.09. The van der Waals surface area contributed by atoms with E-state index in [1.807, 2.05) is 37.4 Å². The van der Waals surface area contributed by atoms with Crippen LogP contribution in [0.2, 0.25) is 0 Å². The number of hydrogen-bond donors (Lipinski definition) is 2. The number of aromatic nitrogens is 2. The van der Waals surface area contributed by atoms with Crippen molar-refractivity contribution in [2.75, 3.05) is 26.8 Å². The molecule has 1 saturated heterocycles. The van der Waals surface area contributed by atoms with Crippen LogP contribution in [0.3, 0.4) is 0 Å². The van der Waals surface area contributed by atoms with E-state index in [0.29, 0.717) is 6.61 Å². The van der Waals surface area contributed by atoms with Crippen LogP contribution in [0.25, 0.3) is 11.1 Å². The summed E-state index contributed by atoms with van der Waals surface area (Å²) in [6.45, 7) is 4.71. The molecule has 0 bridgehead atoms. The van der Waals surface area contributed by atoms with Gasteiger partial charge in [0, 0.05) is 22.7 Å². The predicted molar refractivity (Wildman–Crippen MR) is 111 cm³/mol. The summed E-state index contributed by atoms with van der Waals surface area (Å²) in [6.07, 6.45) is 4.00. The second-order valence-corrected chi connectivity index (χ2v) is 7.48. The fraction of sp³-hybridized carbons (Fsp3) is 0.348. The summed E-state index contributed by atoms with van der Waals surface area (Å²) in [5.74, 6) is 1.67. The molecule has 0 unspecified atom stereocenters. The molecule has 1 fully saturated rings. The van der Waals surface area contributed by atoms with Gasteiger partial charge in [-0.25, -0.2) is 0 Å². The number of nitrogens with one attached hydrogen (secondary N) is 2. The Morgan fingerprint density at radius 2 is 1.79 bits per heavy atom. The van der Waals surface area contributed by atoms with Crippen LogP contribution in [-0.4, -0.2) is 37.0 Å². The molecule has 0 aliphatic carbocycles. The number of hydrogen-bond acceptors (Lipinski definition) is 4. The SMILES string of the molecule is COc1cccc(OCC2(c3ccc(-c4cn[nH]c4C)cc3)CCNCC2)c1. The monoisotopic (exact) mass is 377 g/mol.